The third-order valence-electron chi connectivity index (χ3n) is 4.98. The van der Waals surface area contributed by atoms with Gasteiger partial charge in [-0.25, -0.2) is 4.39 Å². The molecule has 3 heteroatoms. The second kappa shape index (κ2) is 7.58. The zero-order valence-electron chi connectivity index (χ0n) is 12.8. The molecule has 0 aromatic rings. The maximum Gasteiger partial charge on any atom is 0.114 e. The highest BCUT2D eigenvalue weighted by atomic mass is 19.1. The van der Waals surface area contributed by atoms with E-state index in [9.17, 15) is 4.39 Å². The minimum Gasteiger partial charge on any atom is -0.298 e. The molecule has 2 heterocycles. The first-order valence-electron chi connectivity index (χ1n) is 8.36. The van der Waals surface area contributed by atoms with Gasteiger partial charge in [0.15, 0.2) is 0 Å². The fourth-order valence-electron chi connectivity index (χ4n) is 3.79. The topological polar surface area (TPSA) is 6.48 Å². The van der Waals surface area contributed by atoms with Crippen molar-refractivity contribution in [3.05, 3.63) is 0 Å². The maximum atomic E-state index is 13.5. The molecule has 0 radical (unpaired) electrons. The Hall–Kier alpha value is -0.150. The lowest BCUT2D eigenvalue weighted by molar-refractivity contribution is 0.0654. The van der Waals surface area contributed by atoms with Crippen molar-refractivity contribution in [3.8, 4) is 0 Å². The third kappa shape index (κ3) is 4.16. The van der Waals surface area contributed by atoms with Crippen molar-refractivity contribution < 1.29 is 4.39 Å². The highest BCUT2D eigenvalue weighted by Gasteiger charge is 2.37. The Bertz CT molecular complexity index is 259. The Morgan fingerprint density at radius 3 is 2.68 bits per heavy atom. The number of rotatable bonds is 7. The first kappa shape index (κ1) is 15.2. The van der Waals surface area contributed by atoms with Gasteiger partial charge < -0.3 is 0 Å². The molecule has 0 bridgehead atoms. The molecule has 2 saturated heterocycles. The summed E-state index contributed by atoms with van der Waals surface area (Å²) in [4.78, 5) is 5.01. The summed E-state index contributed by atoms with van der Waals surface area (Å²) in [5, 5.41) is 0. The van der Waals surface area contributed by atoms with E-state index < -0.39 is 6.17 Å². The summed E-state index contributed by atoms with van der Waals surface area (Å²) < 4.78 is 13.5. The van der Waals surface area contributed by atoms with Crippen LogP contribution >= 0.6 is 0 Å². The van der Waals surface area contributed by atoms with Gasteiger partial charge in [0.2, 0.25) is 0 Å². The molecule has 2 aliphatic heterocycles. The van der Waals surface area contributed by atoms with Gasteiger partial charge in [0.25, 0.3) is 0 Å². The van der Waals surface area contributed by atoms with E-state index in [0.29, 0.717) is 12.6 Å². The molecule has 0 N–H and O–H groups in total. The number of fused-ring (bicyclic) bond motifs is 1. The molecule has 2 aliphatic rings. The van der Waals surface area contributed by atoms with Crippen LogP contribution in [0.15, 0.2) is 0 Å². The summed E-state index contributed by atoms with van der Waals surface area (Å²) in [6, 6.07) is 1.23. The van der Waals surface area contributed by atoms with Gasteiger partial charge in [0, 0.05) is 38.3 Å². The van der Waals surface area contributed by atoms with E-state index in [1.54, 1.807) is 0 Å². The van der Waals surface area contributed by atoms with E-state index in [1.165, 1.54) is 38.5 Å². The van der Waals surface area contributed by atoms with Crippen LogP contribution in [-0.2, 0) is 0 Å². The molecular formula is C16H31FN2. The van der Waals surface area contributed by atoms with Crippen molar-refractivity contribution in [3.63, 3.8) is 0 Å². The lowest BCUT2D eigenvalue weighted by atomic mass is 10.0. The third-order valence-corrected chi connectivity index (χ3v) is 4.98. The summed E-state index contributed by atoms with van der Waals surface area (Å²) in [6.07, 6.45) is 8.20. The second-order valence-corrected chi connectivity index (χ2v) is 6.39. The average molecular weight is 270 g/mol. The minimum atomic E-state index is -0.574. The van der Waals surface area contributed by atoms with Crippen molar-refractivity contribution in [1.29, 1.82) is 0 Å². The van der Waals surface area contributed by atoms with Crippen molar-refractivity contribution in [2.45, 2.75) is 77.0 Å². The van der Waals surface area contributed by atoms with E-state index in [0.717, 1.165) is 32.1 Å². The lowest BCUT2D eigenvalue weighted by Crippen LogP contribution is -2.53. The normalized spacial score (nSPS) is 30.5. The van der Waals surface area contributed by atoms with Crippen LogP contribution in [0.4, 0.5) is 4.39 Å². The number of nitrogens with zero attached hydrogens (tertiary/aromatic N) is 2. The number of alkyl halides is 1. The molecule has 0 aliphatic carbocycles. The van der Waals surface area contributed by atoms with Crippen LogP contribution in [0.5, 0.6) is 0 Å². The number of piperazine rings is 1. The highest BCUT2D eigenvalue weighted by Crippen LogP contribution is 2.26. The zero-order valence-corrected chi connectivity index (χ0v) is 12.8. The molecule has 19 heavy (non-hydrogen) atoms. The SMILES string of the molecule is CCCCCCC(CC)N1CCN2CC(F)CC2C1. The van der Waals surface area contributed by atoms with Crippen molar-refractivity contribution >= 4 is 0 Å². The number of hydrogen-bond donors (Lipinski definition) is 0. The predicted octanol–water partition coefficient (Wildman–Crippen LogP) is 3.46. The van der Waals surface area contributed by atoms with Crippen molar-refractivity contribution in [2.75, 3.05) is 26.2 Å². The summed E-state index contributed by atoms with van der Waals surface area (Å²) in [5.74, 6) is 0. The second-order valence-electron chi connectivity index (χ2n) is 6.39. The molecule has 3 unspecified atom stereocenters. The number of halogens is 1. The fraction of sp³-hybridized carbons (Fsp3) is 1.00. The van der Waals surface area contributed by atoms with Crippen molar-refractivity contribution in [1.82, 2.24) is 9.80 Å². The van der Waals surface area contributed by atoms with Gasteiger partial charge in [0.05, 0.1) is 0 Å². The number of hydrogen-bond acceptors (Lipinski definition) is 2. The first-order chi connectivity index (χ1) is 9.24. The summed E-state index contributed by atoms with van der Waals surface area (Å²) >= 11 is 0. The van der Waals surface area contributed by atoms with E-state index in [1.807, 2.05) is 0 Å². The quantitative estimate of drug-likeness (QED) is 0.654. The van der Waals surface area contributed by atoms with Crippen LogP contribution in [0.3, 0.4) is 0 Å². The number of unbranched alkanes of at least 4 members (excludes halogenated alkanes) is 3. The van der Waals surface area contributed by atoms with Crippen LogP contribution in [0, 0.1) is 0 Å². The Kier molecular flexibility index (Phi) is 6.08. The Morgan fingerprint density at radius 2 is 1.95 bits per heavy atom. The van der Waals surface area contributed by atoms with Gasteiger partial charge >= 0.3 is 0 Å². The van der Waals surface area contributed by atoms with Crippen LogP contribution in [0.1, 0.15) is 58.8 Å². The van der Waals surface area contributed by atoms with E-state index in [-0.39, 0.29) is 0 Å². The molecule has 112 valence electrons. The molecule has 2 fully saturated rings. The predicted molar refractivity (Wildman–Crippen MR) is 79.3 cm³/mol. The van der Waals surface area contributed by atoms with Gasteiger partial charge in [-0.15, -0.1) is 0 Å². The Balaban J connectivity index is 1.76. The summed E-state index contributed by atoms with van der Waals surface area (Å²) in [6.45, 7) is 8.60. The van der Waals surface area contributed by atoms with Crippen molar-refractivity contribution in [2.24, 2.45) is 0 Å². The molecular weight excluding hydrogens is 239 g/mol. The lowest BCUT2D eigenvalue weighted by Gasteiger charge is -2.41. The van der Waals surface area contributed by atoms with Gasteiger partial charge in [0.1, 0.15) is 6.17 Å². The first-order valence-corrected chi connectivity index (χ1v) is 8.36. The van der Waals surface area contributed by atoms with E-state index in [2.05, 4.69) is 23.6 Å². The summed E-state index contributed by atoms with van der Waals surface area (Å²) in [7, 11) is 0. The molecule has 0 aromatic heterocycles. The van der Waals surface area contributed by atoms with Crippen LogP contribution in [0.2, 0.25) is 0 Å². The smallest absolute Gasteiger partial charge is 0.114 e. The monoisotopic (exact) mass is 270 g/mol. The molecule has 2 nitrogen and oxygen atoms in total. The van der Waals surface area contributed by atoms with Crippen LogP contribution in [0.25, 0.3) is 0 Å². The van der Waals surface area contributed by atoms with Gasteiger partial charge in [-0.2, -0.15) is 0 Å². The Labute approximate surface area is 118 Å². The molecule has 0 amide bonds. The minimum absolute atomic E-state index is 0.494. The van der Waals surface area contributed by atoms with Gasteiger partial charge in [-0.05, 0) is 19.3 Å². The van der Waals surface area contributed by atoms with Gasteiger partial charge in [-0.1, -0.05) is 39.5 Å². The fourth-order valence-corrected chi connectivity index (χ4v) is 3.79. The van der Waals surface area contributed by atoms with E-state index in [4.69, 9.17) is 0 Å². The molecule has 0 aromatic carbocycles. The molecule has 0 saturated carbocycles. The standard InChI is InChI=1S/C16H31FN2/c1-3-5-6-7-8-15(4-2)19-10-9-18-12-14(17)11-16(18)13-19/h14-16H,3-13H2,1-2H3. The van der Waals surface area contributed by atoms with Crippen LogP contribution < -0.4 is 0 Å². The molecule has 2 rings (SSSR count). The Morgan fingerprint density at radius 1 is 1.11 bits per heavy atom. The van der Waals surface area contributed by atoms with Gasteiger partial charge in [-0.3, -0.25) is 9.80 Å². The largest absolute Gasteiger partial charge is 0.298 e. The summed E-state index contributed by atoms with van der Waals surface area (Å²) in [5.41, 5.74) is 0. The zero-order chi connectivity index (χ0) is 13.7. The highest BCUT2D eigenvalue weighted by molar-refractivity contribution is 4.92. The maximum absolute atomic E-state index is 13.5. The average Bonchev–Trinajstić information content (AvgIpc) is 2.78. The van der Waals surface area contributed by atoms with E-state index >= 15 is 0 Å². The molecule has 3 atom stereocenters. The van der Waals surface area contributed by atoms with Crippen LogP contribution in [-0.4, -0.2) is 54.2 Å². The molecule has 0 spiro atoms.